The van der Waals surface area contributed by atoms with Gasteiger partial charge < -0.3 is 17.6 Å². The molecule has 90 valence electrons. The van der Waals surface area contributed by atoms with Gasteiger partial charge in [0.2, 0.25) is 0 Å². The van der Waals surface area contributed by atoms with E-state index in [0.717, 1.165) is 0 Å². The maximum atomic E-state index is 11.7. The van der Waals surface area contributed by atoms with Crippen molar-refractivity contribution >= 4 is 0 Å². The van der Waals surface area contributed by atoms with E-state index in [1.807, 2.05) is 0 Å². The van der Waals surface area contributed by atoms with Crippen LogP contribution >= 0.6 is 0 Å². The Bertz CT molecular complexity index is 131. The zero-order valence-electron chi connectivity index (χ0n) is 9.80. The van der Waals surface area contributed by atoms with Crippen molar-refractivity contribution < 1.29 is 32.6 Å². The van der Waals surface area contributed by atoms with Crippen LogP contribution in [0.5, 0.6) is 0 Å². The zero-order valence-corrected chi connectivity index (χ0v) is 12.8. The van der Waals surface area contributed by atoms with E-state index in [4.69, 9.17) is 0 Å². The van der Waals surface area contributed by atoms with Crippen molar-refractivity contribution in [3.8, 4) is 0 Å². The Morgan fingerprint density at radius 1 is 1.13 bits per heavy atom. The zero-order chi connectivity index (χ0) is 11.8. The second-order valence-corrected chi connectivity index (χ2v) is 2.79. The van der Waals surface area contributed by atoms with Crippen LogP contribution in [-0.2, 0) is 19.5 Å². The first-order valence-electron chi connectivity index (χ1n) is 4.43. The Morgan fingerprint density at radius 3 is 1.80 bits per heavy atom. The van der Waals surface area contributed by atoms with Gasteiger partial charge in [0.25, 0.3) is 0 Å². The van der Waals surface area contributed by atoms with Crippen molar-refractivity contribution in [1.29, 1.82) is 0 Å². The standard InChI is InChI=1S/C7H13F3N2.C2H5.Zn/c1-5(11-3)4-6(2)12-7(8,9)10;1-2;/h5-6H,4H2,1-3H3;1H2,2H3;/q-2;-1;. The first kappa shape index (κ1) is 20.7. The van der Waals surface area contributed by atoms with Gasteiger partial charge in [0.15, 0.2) is 0 Å². The van der Waals surface area contributed by atoms with Crippen LogP contribution in [0.2, 0.25) is 0 Å². The third kappa shape index (κ3) is 17.0. The predicted molar refractivity (Wildman–Crippen MR) is 53.3 cm³/mol. The quantitative estimate of drug-likeness (QED) is 0.423. The number of halogens is 3. The third-order valence-electron chi connectivity index (χ3n) is 1.49. The van der Waals surface area contributed by atoms with Crippen LogP contribution < -0.4 is 0 Å². The summed E-state index contributed by atoms with van der Waals surface area (Å²) in [5.74, 6) is 0. The molecular weight excluding hydrogens is 258 g/mol. The normalized spacial score (nSPS) is 14.4. The summed E-state index contributed by atoms with van der Waals surface area (Å²) in [7, 11) is 1.59. The molecule has 2 unspecified atom stereocenters. The fourth-order valence-corrected chi connectivity index (χ4v) is 0.902. The number of alkyl halides is 3. The molecule has 0 amide bonds. The van der Waals surface area contributed by atoms with Crippen LogP contribution in [0.3, 0.4) is 0 Å². The average molecular weight is 277 g/mol. The van der Waals surface area contributed by atoms with E-state index in [1.165, 1.54) is 6.92 Å². The molecule has 0 aliphatic heterocycles. The SMILES string of the molecule is C[N-]C(C)CC(C)[N-]C(F)(F)F.[CH2-]C.[Zn]. The molecule has 0 fully saturated rings. The van der Waals surface area contributed by atoms with Crippen molar-refractivity contribution in [3.05, 3.63) is 17.6 Å². The fraction of sp³-hybridized carbons (Fsp3) is 0.889. The molecule has 0 spiro atoms. The smallest absolute Gasteiger partial charge is 0.312 e. The Kier molecular flexibility index (Phi) is 15.0. The molecule has 0 aliphatic rings. The third-order valence-corrected chi connectivity index (χ3v) is 1.49. The van der Waals surface area contributed by atoms with Crippen molar-refractivity contribution in [1.82, 2.24) is 0 Å². The Hall–Kier alpha value is 0.333. The molecule has 0 N–H and O–H groups in total. The van der Waals surface area contributed by atoms with Gasteiger partial charge >= 0.3 is 6.30 Å². The van der Waals surface area contributed by atoms with E-state index < -0.39 is 12.3 Å². The maximum absolute atomic E-state index is 11.7. The minimum absolute atomic E-state index is 0. The second-order valence-electron chi connectivity index (χ2n) is 2.79. The van der Waals surface area contributed by atoms with Crippen LogP contribution in [0.15, 0.2) is 0 Å². The monoisotopic (exact) mass is 275 g/mol. The summed E-state index contributed by atoms with van der Waals surface area (Å²) in [6.07, 6.45) is -4.07. The van der Waals surface area contributed by atoms with Crippen LogP contribution in [0.1, 0.15) is 27.2 Å². The average Bonchev–Trinajstić information content (AvgIpc) is 2.04. The molecule has 0 heterocycles. The molecule has 15 heavy (non-hydrogen) atoms. The molecule has 0 saturated heterocycles. The fourth-order valence-electron chi connectivity index (χ4n) is 0.902. The van der Waals surface area contributed by atoms with E-state index in [1.54, 1.807) is 20.9 Å². The molecule has 2 atom stereocenters. The summed E-state index contributed by atoms with van der Waals surface area (Å²) in [4.78, 5) is 0. The molecule has 0 aromatic heterocycles. The summed E-state index contributed by atoms with van der Waals surface area (Å²) >= 11 is 0. The largest absolute Gasteiger partial charge is 0.663 e. The Morgan fingerprint density at radius 2 is 1.53 bits per heavy atom. The van der Waals surface area contributed by atoms with Crippen LogP contribution in [-0.4, -0.2) is 25.4 Å². The van der Waals surface area contributed by atoms with Gasteiger partial charge in [0, 0.05) is 19.5 Å². The minimum Gasteiger partial charge on any atom is -0.663 e. The van der Waals surface area contributed by atoms with Gasteiger partial charge in [0.05, 0.1) is 0 Å². The number of nitrogens with zero attached hydrogens (tertiary/aromatic N) is 2. The molecule has 0 rings (SSSR count). The molecule has 0 aromatic carbocycles. The Balaban J connectivity index is -0.000000449. The van der Waals surface area contributed by atoms with Crippen LogP contribution in [0.25, 0.3) is 10.6 Å². The maximum Gasteiger partial charge on any atom is 0.312 e. The number of hydrogen-bond acceptors (Lipinski definition) is 0. The first-order valence-corrected chi connectivity index (χ1v) is 4.43. The van der Waals surface area contributed by atoms with Crippen molar-refractivity contribution in [2.24, 2.45) is 0 Å². The van der Waals surface area contributed by atoms with E-state index in [0.29, 0.717) is 6.42 Å². The second kappa shape index (κ2) is 10.8. The van der Waals surface area contributed by atoms with E-state index in [-0.39, 0.29) is 25.5 Å². The van der Waals surface area contributed by atoms with Crippen LogP contribution in [0.4, 0.5) is 13.2 Å². The summed E-state index contributed by atoms with van der Waals surface area (Å²) in [5.41, 5.74) is 0. The number of rotatable bonds is 4. The summed E-state index contributed by atoms with van der Waals surface area (Å²) in [5, 5.41) is 6.47. The van der Waals surface area contributed by atoms with Crippen LogP contribution in [0, 0.1) is 6.92 Å². The molecule has 0 aromatic rings. The van der Waals surface area contributed by atoms with Gasteiger partial charge in [-0.2, -0.15) is 27.1 Å². The molecule has 0 aliphatic carbocycles. The predicted octanol–water partition coefficient (Wildman–Crippen LogP) is 3.89. The number of hydrogen-bond donors (Lipinski definition) is 0. The van der Waals surface area contributed by atoms with Gasteiger partial charge in [-0.15, -0.1) is 12.1 Å². The van der Waals surface area contributed by atoms with Crippen molar-refractivity contribution in [2.75, 3.05) is 7.05 Å². The Labute approximate surface area is 103 Å². The molecule has 2 nitrogen and oxygen atoms in total. The summed E-state index contributed by atoms with van der Waals surface area (Å²) < 4.78 is 35.0. The van der Waals surface area contributed by atoms with E-state index >= 15 is 0 Å². The summed E-state index contributed by atoms with van der Waals surface area (Å²) in [6, 6.07) is -0.769. The topological polar surface area (TPSA) is 28.2 Å². The molecular formula is C9H18F3N2Zn-3. The minimum atomic E-state index is -4.41. The van der Waals surface area contributed by atoms with Crippen molar-refractivity contribution in [3.63, 3.8) is 0 Å². The van der Waals surface area contributed by atoms with Gasteiger partial charge in [-0.05, 0) is 0 Å². The van der Waals surface area contributed by atoms with E-state index in [2.05, 4.69) is 17.6 Å². The molecule has 0 saturated carbocycles. The molecule has 0 radical (unpaired) electrons. The molecule has 0 bridgehead atoms. The summed E-state index contributed by atoms with van der Waals surface area (Å²) in [6.45, 7) is 8.21. The van der Waals surface area contributed by atoms with Gasteiger partial charge in [-0.3, -0.25) is 0 Å². The van der Waals surface area contributed by atoms with Gasteiger partial charge in [-0.1, -0.05) is 20.3 Å². The van der Waals surface area contributed by atoms with Gasteiger partial charge in [0.1, 0.15) is 0 Å². The van der Waals surface area contributed by atoms with Crippen molar-refractivity contribution in [2.45, 2.75) is 45.6 Å². The molecule has 6 heteroatoms. The first-order chi connectivity index (χ1) is 6.35. The van der Waals surface area contributed by atoms with Gasteiger partial charge in [-0.25, -0.2) is 0 Å². The van der Waals surface area contributed by atoms with E-state index in [9.17, 15) is 13.2 Å².